The summed E-state index contributed by atoms with van der Waals surface area (Å²) in [5, 5.41) is 0. The molecule has 10 heavy (non-hydrogen) atoms. The summed E-state index contributed by atoms with van der Waals surface area (Å²) in [6, 6.07) is 1.30. The first kappa shape index (κ1) is 7.71. The molecule has 0 spiro atoms. The molecule has 54 valence electrons. The van der Waals surface area contributed by atoms with E-state index in [0.29, 0.717) is 9.45 Å². The van der Waals surface area contributed by atoms with E-state index in [0.717, 1.165) is 0 Å². The summed E-state index contributed by atoms with van der Waals surface area (Å²) in [5.41, 5.74) is 0. The molecule has 1 heterocycles. The molecule has 0 amide bonds. The first-order chi connectivity index (χ1) is 4.74. The maximum Gasteiger partial charge on any atom is 0.158 e. The Morgan fingerprint density at radius 1 is 1.70 bits per heavy atom. The molecule has 0 unspecified atom stereocenters. The van der Waals surface area contributed by atoms with Crippen molar-refractivity contribution in [1.82, 2.24) is 4.98 Å². The highest BCUT2D eigenvalue weighted by Gasteiger charge is 2.00. The number of rotatable bonds is 1. The molecule has 0 saturated carbocycles. The Morgan fingerprint density at radius 3 is 2.90 bits per heavy atom. The zero-order chi connectivity index (χ0) is 7.56. The van der Waals surface area contributed by atoms with Gasteiger partial charge in [0.2, 0.25) is 0 Å². The zero-order valence-corrected chi connectivity index (χ0v) is 7.42. The lowest BCUT2D eigenvalue weighted by molar-refractivity contribution is 0.408. The van der Waals surface area contributed by atoms with E-state index in [1.54, 1.807) is 0 Å². The molecule has 0 aromatic carbocycles. The summed E-state index contributed by atoms with van der Waals surface area (Å²) in [4.78, 5) is 3.74. The minimum Gasteiger partial charge on any atom is -0.495 e. The van der Waals surface area contributed by atoms with E-state index < -0.39 is 0 Å². The average molecular weight is 253 g/mol. The summed E-state index contributed by atoms with van der Waals surface area (Å²) in [6.45, 7) is 0. The summed E-state index contributed by atoms with van der Waals surface area (Å²) >= 11 is 1.82. The smallest absolute Gasteiger partial charge is 0.158 e. The van der Waals surface area contributed by atoms with Crippen LogP contribution in [0, 0.1) is 9.52 Å². The van der Waals surface area contributed by atoms with Crippen molar-refractivity contribution < 1.29 is 9.13 Å². The SMILES string of the molecule is COc1cnc(I)c(F)c1. The average Bonchev–Trinajstić information content (AvgIpc) is 1.95. The Morgan fingerprint density at radius 2 is 2.40 bits per heavy atom. The van der Waals surface area contributed by atoms with Crippen molar-refractivity contribution in [1.29, 1.82) is 0 Å². The van der Waals surface area contributed by atoms with Crippen LogP contribution < -0.4 is 4.74 Å². The Kier molecular flexibility index (Phi) is 2.42. The van der Waals surface area contributed by atoms with Crippen molar-refractivity contribution in [2.24, 2.45) is 0 Å². The van der Waals surface area contributed by atoms with E-state index in [-0.39, 0.29) is 5.82 Å². The number of hydrogen-bond acceptors (Lipinski definition) is 2. The van der Waals surface area contributed by atoms with Crippen molar-refractivity contribution >= 4 is 22.6 Å². The number of halogens is 2. The van der Waals surface area contributed by atoms with Gasteiger partial charge in [0.1, 0.15) is 9.45 Å². The van der Waals surface area contributed by atoms with E-state index in [1.807, 2.05) is 22.6 Å². The molecule has 1 aromatic heterocycles. The van der Waals surface area contributed by atoms with E-state index in [1.165, 1.54) is 19.4 Å². The van der Waals surface area contributed by atoms with Gasteiger partial charge in [-0.15, -0.1) is 0 Å². The first-order valence-electron chi connectivity index (χ1n) is 2.59. The van der Waals surface area contributed by atoms with Crippen LogP contribution in [0.3, 0.4) is 0 Å². The predicted molar refractivity (Wildman–Crippen MR) is 43.5 cm³/mol. The van der Waals surface area contributed by atoms with E-state index in [9.17, 15) is 4.39 Å². The molecule has 1 rings (SSSR count). The summed E-state index contributed by atoms with van der Waals surface area (Å²) in [5.74, 6) is 0.0952. The van der Waals surface area contributed by atoms with E-state index >= 15 is 0 Å². The standard InChI is InChI=1S/C6H5FINO/c1-10-4-2-5(7)6(8)9-3-4/h2-3H,1H3. The molecule has 0 bridgehead atoms. The highest BCUT2D eigenvalue weighted by atomic mass is 127. The van der Waals surface area contributed by atoms with Gasteiger partial charge in [0.15, 0.2) is 5.82 Å². The van der Waals surface area contributed by atoms with Gasteiger partial charge < -0.3 is 4.74 Å². The monoisotopic (exact) mass is 253 g/mol. The Bertz CT molecular complexity index is 241. The predicted octanol–water partition coefficient (Wildman–Crippen LogP) is 1.83. The lowest BCUT2D eigenvalue weighted by atomic mass is 10.4. The largest absolute Gasteiger partial charge is 0.495 e. The van der Waals surface area contributed by atoms with Gasteiger partial charge in [-0.1, -0.05) is 0 Å². The van der Waals surface area contributed by atoms with Crippen LogP contribution >= 0.6 is 22.6 Å². The quantitative estimate of drug-likeness (QED) is 0.562. The van der Waals surface area contributed by atoms with Crippen LogP contribution in [0.5, 0.6) is 5.75 Å². The van der Waals surface area contributed by atoms with Crippen molar-refractivity contribution in [2.75, 3.05) is 7.11 Å². The number of hydrogen-bond donors (Lipinski definition) is 0. The number of aromatic nitrogens is 1. The maximum absolute atomic E-state index is 12.6. The van der Waals surface area contributed by atoms with Gasteiger partial charge in [-0.25, -0.2) is 9.37 Å². The van der Waals surface area contributed by atoms with Gasteiger partial charge >= 0.3 is 0 Å². The zero-order valence-electron chi connectivity index (χ0n) is 5.27. The van der Waals surface area contributed by atoms with Gasteiger partial charge in [0, 0.05) is 6.07 Å². The van der Waals surface area contributed by atoms with Crippen LogP contribution in [0.25, 0.3) is 0 Å². The molecule has 0 saturated heterocycles. The molecule has 0 radical (unpaired) electrons. The second-order valence-corrected chi connectivity index (χ2v) is 2.67. The van der Waals surface area contributed by atoms with Crippen molar-refractivity contribution in [3.05, 3.63) is 21.8 Å². The third-order valence-corrected chi connectivity index (χ3v) is 1.80. The molecule has 0 aliphatic rings. The fourth-order valence-corrected chi connectivity index (χ4v) is 0.810. The minimum atomic E-state index is -0.347. The first-order valence-corrected chi connectivity index (χ1v) is 3.67. The summed E-state index contributed by atoms with van der Waals surface area (Å²) in [6.07, 6.45) is 1.48. The number of nitrogens with zero attached hydrogens (tertiary/aromatic N) is 1. The Labute approximate surface area is 71.6 Å². The molecule has 1 aromatic rings. The molecular weight excluding hydrogens is 248 g/mol. The summed E-state index contributed by atoms with van der Waals surface area (Å²) < 4.78 is 17.7. The highest BCUT2D eigenvalue weighted by molar-refractivity contribution is 14.1. The topological polar surface area (TPSA) is 22.1 Å². The summed E-state index contributed by atoms with van der Waals surface area (Å²) in [7, 11) is 1.48. The fraction of sp³-hybridized carbons (Fsp3) is 0.167. The van der Waals surface area contributed by atoms with E-state index in [2.05, 4.69) is 4.98 Å². The van der Waals surface area contributed by atoms with Crippen LogP contribution in [0.1, 0.15) is 0 Å². The molecular formula is C6H5FINO. The van der Waals surface area contributed by atoms with Gasteiger partial charge in [0.05, 0.1) is 13.3 Å². The van der Waals surface area contributed by atoms with Crippen molar-refractivity contribution in [2.45, 2.75) is 0 Å². The normalized spacial score (nSPS) is 9.50. The maximum atomic E-state index is 12.6. The molecule has 2 nitrogen and oxygen atoms in total. The van der Waals surface area contributed by atoms with Crippen molar-refractivity contribution in [3.63, 3.8) is 0 Å². The third kappa shape index (κ3) is 1.56. The molecule has 0 N–H and O–H groups in total. The number of pyridine rings is 1. The fourth-order valence-electron chi connectivity index (χ4n) is 0.515. The van der Waals surface area contributed by atoms with Gasteiger partial charge in [-0.2, -0.15) is 0 Å². The van der Waals surface area contributed by atoms with Gasteiger partial charge in [-0.3, -0.25) is 0 Å². The van der Waals surface area contributed by atoms with Crippen LogP contribution in [-0.2, 0) is 0 Å². The second-order valence-electron chi connectivity index (χ2n) is 1.65. The lowest BCUT2D eigenvalue weighted by Crippen LogP contribution is -1.89. The van der Waals surface area contributed by atoms with E-state index in [4.69, 9.17) is 4.74 Å². The molecule has 0 aliphatic carbocycles. The Balaban J connectivity index is 3.04. The molecule has 0 atom stereocenters. The number of methoxy groups -OCH3 is 1. The number of ether oxygens (including phenoxy) is 1. The van der Waals surface area contributed by atoms with Crippen LogP contribution in [-0.4, -0.2) is 12.1 Å². The molecule has 4 heteroatoms. The van der Waals surface area contributed by atoms with Crippen LogP contribution in [0.2, 0.25) is 0 Å². The van der Waals surface area contributed by atoms with Gasteiger partial charge in [0.25, 0.3) is 0 Å². The third-order valence-electron chi connectivity index (χ3n) is 1.01. The second kappa shape index (κ2) is 3.14. The molecule has 0 aliphatic heterocycles. The van der Waals surface area contributed by atoms with Crippen LogP contribution in [0.15, 0.2) is 12.3 Å². The Hall–Kier alpha value is -0.390. The van der Waals surface area contributed by atoms with Crippen LogP contribution in [0.4, 0.5) is 4.39 Å². The van der Waals surface area contributed by atoms with Gasteiger partial charge in [-0.05, 0) is 22.6 Å². The lowest BCUT2D eigenvalue weighted by Gasteiger charge is -1.98. The highest BCUT2D eigenvalue weighted by Crippen LogP contribution is 2.13. The van der Waals surface area contributed by atoms with Crippen molar-refractivity contribution in [3.8, 4) is 5.75 Å². The molecule has 0 fully saturated rings. The minimum absolute atomic E-state index is 0.347.